The third-order valence-corrected chi connectivity index (χ3v) is 2.80. The fourth-order valence-corrected chi connectivity index (χ4v) is 1.95. The summed E-state index contributed by atoms with van der Waals surface area (Å²) in [5, 5.41) is 23.1. The Morgan fingerprint density at radius 2 is 2.05 bits per heavy atom. The molecular formula is C14H13N3O4. The molecule has 1 aromatic carbocycles. The van der Waals surface area contributed by atoms with E-state index in [4.69, 9.17) is 0 Å². The number of rotatable bonds is 3. The molecule has 2 aromatic rings. The maximum atomic E-state index is 12.1. The number of pyridine rings is 1. The van der Waals surface area contributed by atoms with Crippen molar-refractivity contribution < 1.29 is 14.8 Å². The van der Waals surface area contributed by atoms with Gasteiger partial charge >= 0.3 is 5.69 Å². The van der Waals surface area contributed by atoms with Crippen molar-refractivity contribution in [3.05, 3.63) is 57.3 Å². The molecule has 0 aliphatic rings. The molecule has 108 valence electrons. The molecule has 0 saturated heterocycles. The monoisotopic (exact) mass is 287 g/mol. The minimum absolute atomic E-state index is 0.176. The van der Waals surface area contributed by atoms with E-state index in [0.29, 0.717) is 5.82 Å². The van der Waals surface area contributed by atoms with Crippen LogP contribution in [0.1, 0.15) is 21.6 Å². The van der Waals surface area contributed by atoms with Crippen LogP contribution in [0.2, 0.25) is 0 Å². The number of phenolic OH excluding ortho intramolecular Hbond substituents is 1. The first kappa shape index (κ1) is 14.4. The molecule has 7 nitrogen and oxygen atoms in total. The SMILES string of the molecule is Cc1cc(C)nc(NC(=O)c2cccc([N+](=O)[O-])c2O)c1. The van der Waals surface area contributed by atoms with Gasteiger partial charge in [-0.1, -0.05) is 6.07 Å². The number of benzene rings is 1. The molecule has 1 aromatic heterocycles. The minimum atomic E-state index is -0.749. The Morgan fingerprint density at radius 3 is 2.67 bits per heavy atom. The molecule has 0 aliphatic carbocycles. The van der Waals surface area contributed by atoms with Gasteiger partial charge in [-0.2, -0.15) is 0 Å². The number of nitrogens with one attached hydrogen (secondary N) is 1. The van der Waals surface area contributed by atoms with Crippen LogP contribution in [-0.4, -0.2) is 20.9 Å². The van der Waals surface area contributed by atoms with E-state index in [1.165, 1.54) is 12.1 Å². The van der Waals surface area contributed by atoms with Crippen LogP contribution in [0.3, 0.4) is 0 Å². The normalized spacial score (nSPS) is 10.2. The molecule has 1 amide bonds. The highest BCUT2D eigenvalue weighted by Crippen LogP contribution is 2.29. The molecule has 0 saturated carbocycles. The Bertz CT molecular complexity index is 708. The highest BCUT2D eigenvalue weighted by atomic mass is 16.6. The lowest BCUT2D eigenvalue weighted by Gasteiger charge is -2.08. The Labute approximate surface area is 120 Å². The van der Waals surface area contributed by atoms with Crippen molar-refractivity contribution in [2.45, 2.75) is 13.8 Å². The molecule has 7 heteroatoms. The molecule has 0 fully saturated rings. The van der Waals surface area contributed by atoms with Crippen LogP contribution in [0, 0.1) is 24.0 Å². The number of hydrogen-bond donors (Lipinski definition) is 2. The fraction of sp³-hybridized carbons (Fsp3) is 0.143. The average Bonchev–Trinajstić information content (AvgIpc) is 2.37. The predicted molar refractivity (Wildman–Crippen MR) is 76.4 cm³/mol. The van der Waals surface area contributed by atoms with Gasteiger partial charge in [0.05, 0.1) is 10.5 Å². The maximum Gasteiger partial charge on any atom is 0.311 e. The number of nitro benzene ring substituents is 1. The van der Waals surface area contributed by atoms with E-state index in [1.807, 2.05) is 13.0 Å². The summed E-state index contributed by atoms with van der Waals surface area (Å²) in [6.07, 6.45) is 0. The molecular weight excluding hydrogens is 274 g/mol. The van der Waals surface area contributed by atoms with Crippen LogP contribution in [0.5, 0.6) is 5.75 Å². The third kappa shape index (κ3) is 3.14. The van der Waals surface area contributed by atoms with Crippen molar-refractivity contribution in [1.29, 1.82) is 0 Å². The molecule has 2 rings (SSSR count). The van der Waals surface area contributed by atoms with Crippen molar-refractivity contribution in [1.82, 2.24) is 4.98 Å². The van der Waals surface area contributed by atoms with Gasteiger partial charge in [0.15, 0.2) is 0 Å². The van der Waals surface area contributed by atoms with Gasteiger partial charge in [-0.25, -0.2) is 4.98 Å². The van der Waals surface area contributed by atoms with Crippen molar-refractivity contribution in [3.8, 4) is 5.75 Å². The lowest BCUT2D eigenvalue weighted by Crippen LogP contribution is -2.14. The smallest absolute Gasteiger partial charge is 0.311 e. The summed E-state index contributed by atoms with van der Waals surface area (Å²) in [5.74, 6) is -0.999. The summed E-state index contributed by atoms with van der Waals surface area (Å²) in [4.78, 5) is 26.2. The van der Waals surface area contributed by atoms with Crippen LogP contribution >= 0.6 is 0 Å². The van der Waals surface area contributed by atoms with Gasteiger partial charge in [-0.3, -0.25) is 14.9 Å². The molecule has 21 heavy (non-hydrogen) atoms. The number of nitrogens with zero attached hydrogens (tertiary/aromatic N) is 2. The standard InChI is InChI=1S/C14H13N3O4/c1-8-6-9(2)15-12(7-8)16-14(19)10-4-3-5-11(13(10)18)17(20)21/h3-7,18H,1-2H3,(H,15,16,19). The first-order valence-corrected chi connectivity index (χ1v) is 6.11. The quantitative estimate of drug-likeness (QED) is 0.666. The van der Waals surface area contributed by atoms with Crippen molar-refractivity contribution in [2.75, 3.05) is 5.32 Å². The van der Waals surface area contributed by atoms with Gasteiger partial charge in [0, 0.05) is 11.8 Å². The number of anilines is 1. The van der Waals surface area contributed by atoms with Gasteiger partial charge in [-0.05, 0) is 37.6 Å². The van der Waals surface area contributed by atoms with E-state index in [0.717, 1.165) is 17.3 Å². The fourth-order valence-electron chi connectivity index (χ4n) is 1.95. The van der Waals surface area contributed by atoms with Crippen LogP contribution in [0.15, 0.2) is 30.3 Å². The highest BCUT2D eigenvalue weighted by molar-refractivity contribution is 6.06. The second-order valence-electron chi connectivity index (χ2n) is 4.56. The first-order valence-electron chi connectivity index (χ1n) is 6.11. The Kier molecular flexibility index (Phi) is 3.84. The number of carbonyl (C=O) groups is 1. The van der Waals surface area contributed by atoms with Crippen LogP contribution in [0.4, 0.5) is 11.5 Å². The van der Waals surface area contributed by atoms with Gasteiger partial charge in [-0.15, -0.1) is 0 Å². The largest absolute Gasteiger partial charge is 0.502 e. The number of aryl methyl sites for hydroxylation is 2. The summed E-state index contributed by atoms with van der Waals surface area (Å²) in [6, 6.07) is 7.28. The number of para-hydroxylation sites is 1. The second kappa shape index (κ2) is 5.58. The topological polar surface area (TPSA) is 105 Å². The Balaban J connectivity index is 2.33. The van der Waals surface area contributed by atoms with E-state index in [9.17, 15) is 20.0 Å². The number of amides is 1. The van der Waals surface area contributed by atoms with E-state index in [2.05, 4.69) is 10.3 Å². The molecule has 0 radical (unpaired) electrons. The molecule has 0 bridgehead atoms. The van der Waals surface area contributed by atoms with E-state index < -0.39 is 22.3 Å². The Morgan fingerprint density at radius 1 is 1.33 bits per heavy atom. The lowest BCUT2D eigenvalue weighted by molar-refractivity contribution is -0.385. The molecule has 0 atom stereocenters. The number of aromatic nitrogens is 1. The maximum absolute atomic E-state index is 12.1. The average molecular weight is 287 g/mol. The van der Waals surface area contributed by atoms with E-state index >= 15 is 0 Å². The molecule has 2 N–H and O–H groups in total. The van der Waals surface area contributed by atoms with Crippen LogP contribution in [-0.2, 0) is 0 Å². The van der Waals surface area contributed by atoms with E-state index in [-0.39, 0.29) is 5.56 Å². The number of aromatic hydroxyl groups is 1. The summed E-state index contributed by atoms with van der Waals surface area (Å²) in [5.41, 5.74) is 0.954. The summed E-state index contributed by atoms with van der Waals surface area (Å²) >= 11 is 0. The van der Waals surface area contributed by atoms with Crippen LogP contribution < -0.4 is 5.32 Å². The zero-order valence-corrected chi connectivity index (χ0v) is 11.5. The molecule has 1 heterocycles. The third-order valence-electron chi connectivity index (χ3n) is 2.80. The zero-order valence-electron chi connectivity index (χ0n) is 11.5. The number of hydrogen-bond acceptors (Lipinski definition) is 5. The van der Waals surface area contributed by atoms with Gasteiger partial charge < -0.3 is 10.4 Å². The molecule has 0 unspecified atom stereocenters. The first-order chi connectivity index (χ1) is 9.88. The van der Waals surface area contributed by atoms with E-state index in [1.54, 1.807) is 13.0 Å². The van der Waals surface area contributed by atoms with Crippen molar-refractivity contribution in [3.63, 3.8) is 0 Å². The summed E-state index contributed by atoms with van der Waals surface area (Å²) in [6.45, 7) is 3.64. The highest BCUT2D eigenvalue weighted by Gasteiger charge is 2.21. The van der Waals surface area contributed by atoms with Crippen molar-refractivity contribution >= 4 is 17.4 Å². The number of phenols is 1. The number of nitro groups is 1. The van der Waals surface area contributed by atoms with Gasteiger partial charge in [0.1, 0.15) is 5.82 Å². The van der Waals surface area contributed by atoms with Gasteiger partial charge in [0.2, 0.25) is 5.75 Å². The minimum Gasteiger partial charge on any atom is -0.502 e. The summed E-state index contributed by atoms with van der Waals surface area (Å²) in [7, 11) is 0. The second-order valence-corrected chi connectivity index (χ2v) is 4.56. The van der Waals surface area contributed by atoms with Crippen LogP contribution in [0.25, 0.3) is 0 Å². The molecule has 0 spiro atoms. The van der Waals surface area contributed by atoms with Gasteiger partial charge in [0.25, 0.3) is 5.91 Å². The number of carbonyl (C=O) groups excluding carboxylic acids is 1. The predicted octanol–water partition coefficient (Wildman–Crippen LogP) is 2.56. The Hall–Kier alpha value is -2.96. The van der Waals surface area contributed by atoms with Crippen molar-refractivity contribution in [2.24, 2.45) is 0 Å². The summed E-state index contributed by atoms with van der Waals surface area (Å²) < 4.78 is 0. The molecule has 0 aliphatic heterocycles. The zero-order chi connectivity index (χ0) is 15.6. The lowest BCUT2D eigenvalue weighted by atomic mass is 10.1.